The van der Waals surface area contributed by atoms with Crippen LogP contribution >= 0.6 is 24.0 Å². The predicted molar refractivity (Wildman–Crippen MR) is 139 cm³/mol. The molecule has 0 saturated heterocycles. The molecular formula is C26H28Cl2FN3O3. The first kappa shape index (κ1) is 26.7. The molecular weight excluding hydrogens is 492 g/mol. The molecule has 2 N–H and O–H groups in total. The molecule has 1 aliphatic carbocycles. The molecule has 186 valence electrons. The van der Waals surface area contributed by atoms with Crippen LogP contribution in [0.2, 0.25) is 5.02 Å². The largest absolute Gasteiger partial charge is 0.504 e. The monoisotopic (exact) mass is 519 g/mol. The van der Waals surface area contributed by atoms with Crippen LogP contribution in [0.3, 0.4) is 0 Å². The van der Waals surface area contributed by atoms with E-state index in [4.69, 9.17) is 11.6 Å². The average Bonchev–Trinajstić information content (AvgIpc) is 2.82. The van der Waals surface area contributed by atoms with Gasteiger partial charge in [0.1, 0.15) is 5.54 Å². The zero-order chi connectivity index (χ0) is 24.6. The highest BCUT2D eigenvalue weighted by atomic mass is 35.5. The van der Waals surface area contributed by atoms with Crippen molar-refractivity contribution in [2.75, 3.05) is 19.4 Å². The number of anilines is 1. The summed E-state index contributed by atoms with van der Waals surface area (Å²) in [6.07, 6.45) is 5.70. The van der Waals surface area contributed by atoms with Gasteiger partial charge in [0, 0.05) is 25.7 Å². The fraction of sp³-hybridized carbons (Fsp3) is 0.346. The zero-order valence-electron chi connectivity index (χ0n) is 19.8. The second kappa shape index (κ2) is 10.4. The maximum Gasteiger partial charge on any atom is 0.247 e. The minimum atomic E-state index is -0.829. The molecule has 1 aromatic heterocycles. The maximum absolute atomic E-state index is 14.2. The third-order valence-corrected chi connectivity index (χ3v) is 6.77. The van der Waals surface area contributed by atoms with E-state index >= 15 is 0 Å². The van der Waals surface area contributed by atoms with E-state index in [1.54, 1.807) is 37.2 Å². The molecule has 1 fully saturated rings. The van der Waals surface area contributed by atoms with Gasteiger partial charge in [-0.25, -0.2) is 4.39 Å². The van der Waals surface area contributed by atoms with Gasteiger partial charge in [-0.1, -0.05) is 36.9 Å². The molecule has 0 spiro atoms. The quantitative estimate of drug-likeness (QED) is 0.390. The van der Waals surface area contributed by atoms with Crippen LogP contribution in [-0.4, -0.2) is 46.3 Å². The molecule has 0 aliphatic heterocycles. The highest BCUT2D eigenvalue weighted by Crippen LogP contribution is 2.39. The molecule has 2 aromatic carbocycles. The minimum Gasteiger partial charge on any atom is -0.504 e. The highest BCUT2D eigenvalue weighted by Gasteiger charge is 2.41. The Morgan fingerprint density at radius 1 is 1.11 bits per heavy atom. The number of likely N-dealkylation sites (N-methyl/N-ethyl adjacent to an activating group) is 1. The summed E-state index contributed by atoms with van der Waals surface area (Å²) >= 11 is 6.00. The van der Waals surface area contributed by atoms with Crippen LogP contribution in [-0.2, 0) is 4.79 Å². The Kier molecular flexibility index (Phi) is 7.92. The first-order chi connectivity index (χ1) is 16.1. The van der Waals surface area contributed by atoms with Gasteiger partial charge in [-0.2, -0.15) is 0 Å². The number of halogens is 3. The summed E-state index contributed by atoms with van der Waals surface area (Å²) in [5.74, 6) is -1.63. The number of amides is 1. The van der Waals surface area contributed by atoms with Gasteiger partial charge < -0.3 is 15.3 Å². The normalized spacial score (nSPS) is 14.8. The summed E-state index contributed by atoms with van der Waals surface area (Å²) in [5.41, 5.74) is 1.83. The van der Waals surface area contributed by atoms with Gasteiger partial charge in [-0.05, 0) is 55.2 Å². The van der Waals surface area contributed by atoms with E-state index in [9.17, 15) is 19.1 Å². The maximum atomic E-state index is 14.2. The Hall–Kier alpha value is -2.90. The number of phenolic OH excluding ortho intramolecular Hbond substituents is 1. The molecule has 6 nitrogen and oxygen atoms in total. The van der Waals surface area contributed by atoms with E-state index in [1.807, 2.05) is 0 Å². The van der Waals surface area contributed by atoms with Gasteiger partial charge in [0.25, 0.3) is 0 Å². The topological polar surface area (TPSA) is 82.5 Å². The summed E-state index contributed by atoms with van der Waals surface area (Å²) in [7, 11) is 3.47. The average molecular weight is 520 g/mol. The smallest absolute Gasteiger partial charge is 0.247 e. The number of Topliss-reactive ketones (excluding diaryl/α,β-unsaturated/α-hetero) is 1. The lowest BCUT2D eigenvalue weighted by Crippen LogP contribution is -2.53. The van der Waals surface area contributed by atoms with Gasteiger partial charge in [-0.15, -0.1) is 12.4 Å². The second-order valence-corrected chi connectivity index (χ2v) is 9.50. The van der Waals surface area contributed by atoms with E-state index in [2.05, 4.69) is 10.3 Å². The van der Waals surface area contributed by atoms with Crippen molar-refractivity contribution in [1.29, 1.82) is 0 Å². The first-order valence-electron chi connectivity index (χ1n) is 11.2. The van der Waals surface area contributed by atoms with Crippen molar-refractivity contribution in [3.05, 3.63) is 52.9 Å². The zero-order valence-corrected chi connectivity index (χ0v) is 21.4. The van der Waals surface area contributed by atoms with Crippen LogP contribution in [0.4, 0.5) is 10.1 Å². The summed E-state index contributed by atoms with van der Waals surface area (Å²) in [5, 5.41) is 13.7. The van der Waals surface area contributed by atoms with Crippen molar-refractivity contribution in [2.24, 2.45) is 0 Å². The number of aromatic hydroxyl groups is 1. The van der Waals surface area contributed by atoms with Crippen molar-refractivity contribution in [2.45, 2.75) is 44.6 Å². The standard InChI is InChI=1S/C26H27ClFN3O3.ClH/c1-15(32)19-14-29-22-8-7-16(17-12-20(27)24(33)21(28)13-17)11-18(22)23(19)30-26(25(34)31(2)3)9-5-4-6-10-26;/h7-8,11-14,33H,4-6,9-10H2,1-3H3,(H,29,30);1H. The van der Waals surface area contributed by atoms with Gasteiger partial charge in [0.2, 0.25) is 5.91 Å². The van der Waals surface area contributed by atoms with Crippen molar-refractivity contribution < 1.29 is 19.1 Å². The third-order valence-electron chi connectivity index (χ3n) is 6.48. The van der Waals surface area contributed by atoms with Crippen LogP contribution in [0.25, 0.3) is 22.0 Å². The van der Waals surface area contributed by atoms with Gasteiger partial charge >= 0.3 is 0 Å². The van der Waals surface area contributed by atoms with E-state index in [0.29, 0.717) is 46.1 Å². The number of ketones is 1. The van der Waals surface area contributed by atoms with Crippen LogP contribution in [0.1, 0.15) is 49.4 Å². The summed E-state index contributed by atoms with van der Waals surface area (Å²) < 4.78 is 14.2. The van der Waals surface area contributed by atoms with Crippen molar-refractivity contribution in [1.82, 2.24) is 9.88 Å². The number of hydrogen-bond donors (Lipinski definition) is 2. The Morgan fingerprint density at radius 2 is 1.80 bits per heavy atom. The molecule has 4 rings (SSSR count). The fourth-order valence-corrected chi connectivity index (χ4v) is 4.93. The molecule has 3 aromatic rings. The summed E-state index contributed by atoms with van der Waals surface area (Å²) in [4.78, 5) is 31.9. The molecule has 35 heavy (non-hydrogen) atoms. The number of fused-ring (bicyclic) bond motifs is 1. The number of phenols is 1. The molecule has 0 radical (unpaired) electrons. The third kappa shape index (κ3) is 5.07. The Bertz CT molecular complexity index is 1270. The number of nitrogens with one attached hydrogen (secondary N) is 1. The lowest BCUT2D eigenvalue weighted by atomic mass is 9.80. The predicted octanol–water partition coefficient (Wildman–Crippen LogP) is 6.23. The van der Waals surface area contributed by atoms with Crippen LogP contribution in [0.15, 0.2) is 36.5 Å². The molecule has 1 aliphatic rings. The number of benzene rings is 2. The van der Waals surface area contributed by atoms with Gasteiger partial charge in [-0.3, -0.25) is 14.6 Å². The number of rotatable bonds is 5. The number of aromatic nitrogens is 1. The molecule has 1 amide bonds. The number of carbonyl (C=O) groups excluding carboxylic acids is 2. The Labute approximate surface area is 214 Å². The van der Waals surface area contributed by atoms with Crippen molar-refractivity contribution in [3.63, 3.8) is 0 Å². The molecule has 0 unspecified atom stereocenters. The number of nitrogens with zero attached hydrogens (tertiary/aromatic N) is 2. The first-order valence-corrected chi connectivity index (χ1v) is 11.6. The number of carbonyl (C=O) groups is 2. The van der Waals surface area contributed by atoms with E-state index in [0.717, 1.165) is 19.3 Å². The number of hydrogen-bond acceptors (Lipinski definition) is 5. The number of pyridine rings is 1. The minimum absolute atomic E-state index is 0. The molecule has 9 heteroatoms. The van der Waals surface area contributed by atoms with E-state index in [1.165, 1.54) is 25.3 Å². The molecule has 1 heterocycles. The lowest BCUT2D eigenvalue weighted by molar-refractivity contribution is -0.134. The van der Waals surface area contributed by atoms with E-state index in [-0.39, 0.29) is 29.1 Å². The molecule has 0 bridgehead atoms. The Morgan fingerprint density at radius 3 is 2.40 bits per heavy atom. The highest BCUT2D eigenvalue weighted by molar-refractivity contribution is 6.32. The second-order valence-electron chi connectivity index (χ2n) is 9.09. The van der Waals surface area contributed by atoms with Crippen LogP contribution in [0.5, 0.6) is 5.75 Å². The molecule has 0 atom stereocenters. The van der Waals surface area contributed by atoms with Crippen molar-refractivity contribution >= 4 is 52.3 Å². The SMILES string of the molecule is CC(=O)c1cnc2ccc(-c3cc(F)c(O)c(Cl)c3)cc2c1NC1(C(=O)N(C)C)CCCCC1.Cl. The van der Waals surface area contributed by atoms with Crippen LogP contribution < -0.4 is 5.32 Å². The van der Waals surface area contributed by atoms with Gasteiger partial charge in [0.05, 0.1) is 21.8 Å². The van der Waals surface area contributed by atoms with Crippen molar-refractivity contribution in [3.8, 4) is 16.9 Å². The fourth-order valence-electron chi connectivity index (χ4n) is 4.72. The lowest BCUT2D eigenvalue weighted by Gasteiger charge is -2.40. The summed E-state index contributed by atoms with van der Waals surface area (Å²) in [6.45, 7) is 1.47. The van der Waals surface area contributed by atoms with Crippen LogP contribution in [0, 0.1) is 5.82 Å². The Balaban J connectivity index is 0.00000342. The summed E-state index contributed by atoms with van der Waals surface area (Å²) in [6, 6.07) is 8.04. The van der Waals surface area contributed by atoms with E-state index < -0.39 is 17.1 Å². The van der Waals surface area contributed by atoms with Gasteiger partial charge in [0.15, 0.2) is 17.3 Å². The molecule has 1 saturated carbocycles.